The monoisotopic (exact) mass is 367 g/mol. The first kappa shape index (κ1) is 19.3. The van der Waals surface area contributed by atoms with Gasteiger partial charge in [-0.25, -0.2) is 4.68 Å². The summed E-state index contributed by atoms with van der Waals surface area (Å²) in [5.41, 5.74) is -2.74. The number of nitrogens with zero attached hydrogens (tertiary/aromatic N) is 2. The highest BCUT2D eigenvalue weighted by atomic mass is 19.4. The van der Waals surface area contributed by atoms with Gasteiger partial charge in [0.25, 0.3) is 5.56 Å². The van der Waals surface area contributed by atoms with Crippen molar-refractivity contribution in [3.63, 3.8) is 0 Å². The van der Waals surface area contributed by atoms with Crippen molar-refractivity contribution in [1.29, 1.82) is 0 Å². The van der Waals surface area contributed by atoms with Gasteiger partial charge in [0.1, 0.15) is 17.4 Å². The maximum atomic E-state index is 13.4. The molecule has 0 radical (unpaired) electrons. The molecule has 1 atom stereocenters. The summed E-state index contributed by atoms with van der Waals surface area (Å²) in [7, 11) is 1.48. The molecule has 0 spiro atoms. The minimum atomic E-state index is -4.92. The molecule has 1 aromatic heterocycles. The van der Waals surface area contributed by atoms with E-state index >= 15 is 0 Å². The Bertz CT molecular complexity index is 855. The third-order valence-electron chi connectivity index (χ3n) is 3.53. The Morgan fingerprint density at radius 2 is 2.04 bits per heavy atom. The van der Waals surface area contributed by atoms with Gasteiger partial charge in [-0.15, -0.1) is 6.42 Å². The molecular weight excluding hydrogens is 351 g/mol. The van der Waals surface area contributed by atoms with Crippen LogP contribution in [0.15, 0.2) is 35.3 Å². The molecule has 0 amide bonds. The number of rotatable bonds is 6. The summed E-state index contributed by atoms with van der Waals surface area (Å²) in [6.45, 7) is -0.743. The Kier molecular flexibility index (Phi) is 5.90. The van der Waals surface area contributed by atoms with Crippen LogP contribution >= 0.6 is 0 Å². The molecule has 1 heterocycles. The molecule has 2 aromatic rings. The normalized spacial score (nSPS) is 12.3. The second-order valence-corrected chi connectivity index (χ2v) is 5.29. The van der Waals surface area contributed by atoms with Crippen LogP contribution in [0.1, 0.15) is 11.1 Å². The second kappa shape index (κ2) is 7.93. The van der Waals surface area contributed by atoms with Gasteiger partial charge in [0, 0.05) is 0 Å². The summed E-state index contributed by atoms with van der Waals surface area (Å²) in [5, 5.41) is 15.1. The van der Waals surface area contributed by atoms with Gasteiger partial charge >= 0.3 is 6.18 Å². The molecule has 0 saturated heterocycles. The molecule has 0 unspecified atom stereocenters. The van der Waals surface area contributed by atoms with Crippen LogP contribution in [-0.4, -0.2) is 34.6 Å². The fourth-order valence-corrected chi connectivity index (χ4v) is 2.22. The Balaban J connectivity index is 2.43. The minimum absolute atomic E-state index is 0.148. The van der Waals surface area contributed by atoms with Gasteiger partial charge in [0.05, 0.1) is 32.1 Å². The number of alkyl halides is 3. The summed E-state index contributed by atoms with van der Waals surface area (Å²) < 4.78 is 45.8. The van der Waals surface area contributed by atoms with Crippen molar-refractivity contribution in [3.8, 4) is 18.1 Å². The number of aliphatic hydroxyl groups is 1. The SMILES string of the molecule is C#C[C@@H](CO)Nc1cnn(Cc2ccc(OC)cc2)c(=O)c1C(F)(F)F. The molecule has 0 fully saturated rings. The molecular formula is C17H16F3N3O3. The van der Waals surface area contributed by atoms with Crippen LogP contribution in [0.25, 0.3) is 0 Å². The zero-order chi connectivity index (χ0) is 19.3. The summed E-state index contributed by atoms with van der Waals surface area (Å²) in [5.74, 6) is 2.66. The molecule has 0 saturated carbocycles. The summed E-state index contributed by atoms with van der Waals surface area (Å²) in [4.78, 5) is 12.3. The maximum Gasteiger partial charge on any atom is 0.423 e. The third kappa shape index (κ3) is 4.34. The van der Waals surface area contributed by atoms with Crippen LogP contribution in [0.3, 0.4) is 0 Å². The Morgan fingerprint density at radius 1 is 1.38 bits per heavy atom. The lowest BCUT2D eigenvalue weighted by molar-refractivity contribution is -0.138. The predicted octanol–water partition coefficient (Wildman–Crippen LogP) is 1.72. The molecule has 0 aliphatic heterocycles. The number of hydrogen-bond donors (Lipinski definition) is 2. The number of terminal acetylenes is 1. The number of aromatic nitrogens is 2. The number of anilines is 1. The zero-order valence-corrected chi connectivity index (χ0v) is 13.7. The van der Waals surface area contributed by atoms with E-state index in [1.807, 2.05) is 0 Å². The second-order valence-electron chi connectivity index (χ2n) is 5.29. The van der Waals surface area contributed by atoms with Crippen molar-refractivity contribution in [1.82, 2.24) is 9.78 Å². The highest BCUT2D eigenvalue weighted by Crippen LogP contribution is 2.32. The smallest absolute Gasteiger partial charge is 0.423 e. The van der Waals surface area contributed by atoms with E-state index in [9.17, 15) is 18.0 Å². The van der Waals surface area contributed by atoms with Crippen molar-refractivity contribution in [3.05, 3.63) is 51.9 Å². The Labute approximate surface area is 147 Å². The van der Waals surface area contributed by atoms with Crippen LogP contribution in [0.5, 0.6) is 5.75 Å². The average molecular weight is 367 g/mol. The van der Waals surface area contributed by atoms with Gasteiger partial charge in [-0.2, -0.15) is 18.3 Å². The van der Waals surface area contributed by atoms with Crippen LogP contribution in [0.2, 0.25) is 0 Å². The number of ether oxygens (including phenoxy) is 1. The van der Waals surface area contributed by atoms with Crippen molar-refractivity contribution in [2.24, 2.45) is 0 Å². The highest BCUT2D eigenvalue weighted by Gasteiger charge is 2.38. The first-order valence-electron chi connectivity index (χ1n) is 7.44. The van der Waals surface area contributed by atoms with Crippen LogP contribution in [0.4, 0.5) is 18.9 Å². The average Bonchev–Trinajstić information content (AvgIpc) is 2.61. The van der Waals surface area contributed by atoms with Gasteiger partial charge in [-0.3, -0.25) is 4.79 Å². The van der Waals surface area contributed by atoms with Gasteiger partial charge in [0.15, 0.2) is 0 Å². The molecule has 0 aliphatic carbocycles. The van der Waals surface area contributed by atoms with E-state index in [0.29, 0.717) is 16.0 Å². The van der Waals surface area contributed by atoms with Crippen LogP contribution in [-0.2, 0) is 12.7 Å². The summed E-state index contributed by atoms with van der Waals surface area (Å²) >= 11 is 0. The quantitative estimate of drug-likeness (QED) is 0.761. The van der Waals surface area contributed by atoms with E-state index in [4.69, 9.17) is 16.3 Å². The topological polar surface area (TPSA) is 76.4 Å². The number of halogens is 3. The number of aliphatic hydroxyl groups excluding tert-OH is 1. The van der Waals surface area contributed by atoms with Crippen molar-refractivity contribution < 1.29 is 23.0 Å². The number of hydrogen-bond acceptors (Lipinski definition) is 5. The number of benzene rings is 1. The number of methoxy groups -OCH3 is 1. The lowest BCUT2D eigenvalue weighted by Gasteiger charge is -2.18. The van der Waals surface area contributed by atoms with E-state index in [1.54, 1.807) is 24.3 Å². The van der Waals surface area contributed by atoms with Gasteiger partial charge in [0.2, 0.25) is 0 Å². The minimum Gasteiger partial charge on any atom is -0.497 e. The zero-order valence-electron chi connectivity index (χ0n) is 13.7. The molecule has 26 heavy (non-hydrogen) atoms. The van der Waals surface area contributed by atoms with Crippen molar-refractivity contribution in [2.75, 3.05) is 19.0 Å². The lowest BCUT2D eigenvalue weighted by Crippen LogP contribution is -2.34. The van der Waals surface area contributed by atoms with E-state index in [0.717, 1.165) is 6.20 Å². The molecule has 6 nitrogen and oxygen atoms in total. The lowest BCUT2D eigenvalue weighted by atomic mass is 10.2. The van der Waals surface area contributed by atoms with Crippen LogP contribution in [0, 0.1) is 12.3 Å². The summed E-state index contributed by atoms with van der Waals surface area (Å²) in [6.07, 6.45) is 1.07. The number of nitrogens with one attached hydrogen (secondary N) is 1. The fraction of sp³-hybridized carbons (Fsp3) is 0.294. The third-order valence-corrected chi connectivity index (χ3v) is 3.53. The Hall–Kier alpha value is -2.99. The molecule has 138 valence electrons. The van der Waals surface area contributed by atoms with E-state index in [-0.39, 0.29) is 6.54 Å². The standard InChI is InChI=1S/C17H16F3N3O3/c1-3-12(10-24)22-14-8-21-23(16(25)15(14)17(18,19)20)9-11-4-6-13(26-2)7-5-11/h1,4-8,12,22,24H,9-10H2,2H3/t12-/m0/s1. The van der Waals surface area contributed by atoms with E-state index in [2.05, 4.69) is 16.3 Å². The molecule has 9 heteroatoms. The van der Waals surface area contributed by atoms with Gasteiger partial charge < -0.3 is 15.2 Å². The first-order valence-corrected chi connectivity index (χ1v) is 7.44. The predicted molar refractivity (Wildman–Crippen MR) is 88.9 cm³/mol. The van der Waals surface area contributed by atoms with Crippen LogP contribution < -0.4 is 15.6 Å². The molecule has 2 rings (SSSR count). The maximum absolute atomic E-state index is 13.4. The van der Waals surface area contributed by atoms with Crippen molar-refractivity contribution >= 4 is 5.69 Å². The Morgan fingerprint density at radius 3 is 2.54 bits per heavy atom. The first-order chi connectivity index (χ1) is 12.3. The fourth-order valence-electron chi connectivity index (χ4n) is 2.22. The van der Waals surface area contributed by atoms with Crippen molar-refractivity contribution in [2.45, 2.75) is 18.8 Å². The largest absolute Gasteiger partial charge is 0.497 e. The van der Waals surface area contributed by atoms with E-state index < -0.39 is 35.6 Å². The summed E-state index contributed by atoms with van der Waals surface area (Å²) in [6, 6.07) is 5.41. The highest BCUT2D eigenvalue weighted by molar-refractivity contribution is 5.51. The van der Waals surface area contributed by atoms with Gasteiger partial charge in [-0.1, -0.05) is 18.1 Å². The molecule has 2 N–H and O–H groups in total. The molecule has 0 aliphatic rings. The molecule has 1 aromatic carbocycles. The van der Waals surface area contributed by atoms with Gasteiger partial charge in [-0.05, 0) is 17.7 Å². The molecule has 0 bridgehead atoms. The van der Waals surface area contributed by atoms with E-state index in [1.165, 1.54) is 7.11 Å².